The minimum absolute atomic E-state index is 0.0598. The Morgan fingerprint density at radius 3 is 2.53 bits per heavy atom. The van der Waals surface area contributed by atoms with Gasteiger partial charge in [-0.05, 0) is 6.07 Å². The van der Waals surface area contributed by atoms with Crippen LogP contribution in [0.3, 0.4) is 0 Å². The van der Waals surface area contributed by atoms with Crippen LogP contribution in [0, 0.1) is 10.1 Å². The van der Waals surface area contributed by atoms with E-state index in [1.165, 1.54) is 24.3 Å². The molecule has 0 aliphatic carbocycles. The molecule has 0 fully saturated rings. The maximum Gasteiger partial charge on any atom is 0.294 e. The van der Waals surface area contributed by atoms with Gasteiger partial charge in [0, 0.05) is 6.07 Å². The van der Waals surface area contributed by atoms with Gasteiger partial charge in [0.1, 0.15) is 0 Å². The number of carbonyl (C=O) groups excluding carboxylic acids is 2. The lowest BCUT2D eigenvalue weighted by Gasteiger charge is -2.08. The molecule has 0 heterocycles. The fraction of sp³-hybridized carbons (Fsp3) is 0.111. The molecule has 0 N–H and O–H groups in total. The van der Waals surface area contributed by atoms with E-state index in [-0.39, 0.29) is 17.7 Å². The molecule has 0 saturated heterocycles. The van der Waals surface area contributed by atoms with E-state index < -0.39 is 11.0 Å². The molecular weight excluding hydrogens is 202 g/mol. The predicted octanol–water partition coefficient (Wildman–Crippen LogP) is 1.01. The average Bonchev–Trinajstić information content (AvgIpc) is 2.26. The van der Waals surface area contributed by atoms with E-state index in [0.717, 1.165) is 0 Å². The fourth-order valence-electron chi connectivity index (χ4n) is 1.13. The van der Waals surface area contributed by atoms with Crippen LogP contribution in [0.5, 0.6) is 0 Å². The van der Waals surface area contributed by atoms with Crippen molar-refractivity contribution >= 4 is 18.4 Å². The first-order chi connectivity index (χ1) is 7.20. The lowest BCUT2D eigenvalue weighted by atomic mass is 10.1. The minimum atomic E-state index is -1.23. The Morgan fingerprint density at radius 2 is 2.00 bits per heavy atom. The number of carbonyl (C=O) groups is 2. The highest BCUT2D eigenvalue weighted by Gasteiger charge is 2.21. The van der Waals surface area contributed by atoms with Crippen molar-refractivity contribution in [1.29, 1.82) is 0 Å². The number of nitrogens with zero attached hydrogens (tertiary/aromatic N) is 1. The normalized spacial score (nSPS) is 11.5. The van der Waals surface area contributed by atoms with Crippen molar-refractivity contribution < 1.29 is 19.2 Å². The molecule has 0 spiro atoms. The van der Waals surface area contributed by atoms with Gasteiger partial charge in [-0.2, -0.15) is 0 Å². The Morgan fingerprint density at radius 1 is 1.33 bits per heavy atom. The highest BCUT2D eigenvalue weighted by molar-refractivity contribution is 5.65. The Hall–Kier alpha value is -2.24. The first kappa shape index (κ1) is 10.8. The minimum Gasteiger partial charge on any atom is -0.452 e. The summed E-state index contributed by atoms with van der Waals surface area (Å²) in [6.45, 7) is 0.0792. The van der Waals surface area contributed by atoms with Crippen LogP contribution in [0.4, 0.5) is 5.69 Å². The fourth-order valence-corrected chi connectivity index (χ4v) is 1.13. The van der Waals surface area contributed by atoms with Crippen molar-refractivity contribution in [3.63, 3.8) is 0 Å². The molecule has 1 aromatic rings. The molecule has 0 radical (unpaired) electrons. The third kappa shape index (κ3) is 2.37. The molecule has 6 nitrogen and oxygen atoms in total. The summed E-state index contributed by atoms with van der Waals surface area (Å²) in [7, 11) is 0. The summed E-state index contributed by atoms with van der Waals surface area (Å²) in [5, 5.41) is 10.6. The molecule has 0 aromatic heterocycles. The molecule has 0 saturated carbocycles. The second-order valence-electron chi connectivity index (χ2n) is 2.60. The molecule has 1 aromatic carbocycles. The van der Waals surface area contributed by atoms with E-state index >= 15 is 0 Å². The Balaban J connectivity index is 3.15. The summed E-state index contributed by atoms with van der Waals surface area (Å²) in [6.07, 6.45) is -0.902. The quantitative estimate of drug-likeness (QED) is 0.410. The van der Waals surface area contributed by atoms with E-state index in [9.17, 15) is 19.7 Å². The summed E-state index contributed by atoms with van der Waals surface area (Å²) in [5.74, 6) is 0. The van der Waals surface area contributed by atoms with Crippen LogP contribution in [0.2, 0.25) is 0 Å². The Bertz CT molecular complexity index is 390. The van der Waals surface area contributed by atoms with E-state index in [1.807, 2.05) is 0 Å². The summed E-state index contributed by atoms with van der Waals surface area (Å²) >= 11 is 0. The first-order valence-electron chi connectivity index (χ1n) is 3.98. The first-order valence-corrected chi connectivity index (χ1v) is 3.98. The molecule has 0 aliphatic rings. The van der Waals surface area contributed by atoms with E-state index in [2.05, 4.69) is 4.74 Å². The third-order valence-electron chi connectivity index (χ3n) is 1.77. The van der Waals surface area contributed by atoms with Crippen molar-refractivity contribution in [2.75, 3.05) is 0 Å². The number of hydrogen-bond donors (Lipinski definition) is 0. The summed E-state index contributed by atoms with van der Waals surface area (Å²) < 4.78 is 4.41. The largest absolute Gasteiger partial charge is 0.452 e. The number of hydrogen-bond acceptors (Lipinski definition) is 5. The van der Waals surface area contributed by atoms with Crippen molar-refractivity contribution in [1.82, 2.24) is 0 Å². The topological polar surface area (TPSA) is 86.5 Å². The SMILES string of the molecule is O=COC(C=O)c1ccccc1[N+](=O)[O-]. The van der Waals surface area contributed by atoms with Crippen LogP contribution in [0.25, 0.3) is 0 Å². The van der Waals surface area contributed by atoms with Gasteiger partial charge in [-0.15, -0.1) is 0 Å². The standard InChI is InChI=1S/C9H7NO5/c11-5-9(15-6-12)7-3-1-2-4-8(7)10(13)14/h1-6,9H. The predicted molar refractivity (Wildman–Crippen MR) is 49.1 cm³/mol. The Labute approximate surface area is 84.6 Å². The van der Waals surface area contributed by atoms with Crippen molar-refractivity contribution in [2.45, 2.75) is 6.10 Å². The molecule has 1 atom stereocenters. The highest BCUT2D eigenvalue weighted by atomic mass is 16.6. The molecular formula is C9H7NO5. The summed E-state index contributed by atoms with van der Waals surface area (Å²) in [5.41, 5.74) is -0.193. The van der Waals surface area contributed by atoms with Crippen molar-refractivity contribution in [3.05, 3.63) is 39.9 Å². The van der Waals surface area contributed by atoms with Gasteiger partial charge < -0.3 is 4.74 Å². The van der Waals surface area contributed by atoms with Gasteiger partial charge in [-0.25, -0.2) is 0 Å². The molecule has 78 valence electrons. The zero-order valence-electron chi connectivity index (χ0n) is 7.53. The molecule has 1 unspecified atom stereocenters. The number of para-hydroxylation sites is 1. The summed E-state index contributed by atoms with van der Waals surface area (Å²) in [4.78, 5) is 30.6. The maximum absolute atomic E-state index is 10.6. The highest BCUT2D eigenvalue weighted by Crippen LogP contribution is 2.25. The van der Waals surface area contributed by atoms with Gasteiger partial charge in [0.25, 0.3) is 12.2 Å². The van der Waals surface area contributed by atoms with Crippen LogP contribution in [0.1, 0.15) is 11.7 Å². The van der Waals surface area contributed by atoms with Gasteiger partial charge in [-0.1, -0.05) is 12.1 Å². The van der Waals surface area contributed by atoms with Gasteiger partial charge >= 0.3 is 0 Å². The summed E-state index contributed by atoms with van der Waals surface area (Å²) in [6, 6.07) is 5.58. The molecule has 1 rings (SSSR count). The molecule has 0 amide bonds. The van der Waals surface area contributed by atoms with E-state index in [1.54, 1.807) is 0 Å². The lowest BCUT2D eigenvalue weighted by Crippen LogP contribution is -2.07. The van der Waals surface area contributed by atoms with Gasteiger partial charge in [0.05, 0.1) is 10.5 Å². The molecule has 6 heteroatoms. The Kier molecular flexibility index (Phi) is 3.50. The van der Waals surface area contributed by atoms with Crippen LogP contribution in [-0.4, -0.2) is 17.7 Å². The van der Waals surface area contributed by atoms with Gasteiger partial charge in [-0.3, -0.25) is 19.7 Å². The van der Waals surface area contributed by atoms with Crippen LogP contribution >= 0.6 is 0 Å². The van der Waals surface area contributed by atoms with Crippen molar-refractivity contribution in [2.24, 2.45) is 0 Å². The second kappa shape index (κ2) is 4.85. The number of benzene rings is 1. The zero-order chi connectivity index (χ0) is 11.3. The van der Waals surface area contributed by atoms with Crippen LogP contribution < -0.4 is 0 Å². The lowest BCUT2D eigenvalue weighted by molar-refractivity contribution is -0.386. The number of ether oxygens (including phenoxy) is 1. The molecule has 0 bridgehead atoms. The van der Waals surface area contributed by atoms with Gasteiger partial charge in [0.15, 0.2) is 12.4 Å². The third-order valence-corrected chi connectivity index (χ3v) is 1.77. The molecule has 15 heavy (non-hydrogen) atoms. The average molecular weight is 209 g/mol. The van der Waals surface area contributed by atoms with Crippen molar-refractivity contribution in [3.8, 4) is 0 Å². The van der Waals surface area contributed by atoms with Crippen LogP contribution in [-0.2, 0) is 14.3 Å². The number of nitro benzene ring substituents is 1. The number of nitro groups is 1. The van der Waals surface area contributed by atoms with Crippen LogP contribution in [0.15, 0.2) is 24.3 Å². The van der Waals surface area contributed by atoms with Gasteiger partial charge in [0.2, 0.25) is 0 Å². The van der Waals surface area contributed by atoms with E-state index in [4.69, 9.17) is 0 Å². The monoisotopic (exact) mass is 209 g/mol. The number of aldehydes is 1. The van der Waals surface area contributed by atoms with E-state index in [0.29, 0.717) is 6.29 Å². The molecule has 0 aliphatic heterocycles. The second-order valence-corrected chi connectivity index (χ2v) is 2.60. The number of rotatable bonds is 5. The zero-order valence-corrected chi connectivity index (χ0v) is 7.53. The smallest absolute Gasteiger partial charge is 0.294 e. The maximum atomic E-state index is 10.6.